The molecule has 2 aromatic heterocycles. The fourth-order valence-electron chi connectivity index (χ4n) is 3.67. The van der Waals surface area contributed by atoms with E-state index < -0.39 is 49.9 Å². The minimum Gasteiger partial charge on any atom is -0.345 e. The molecule has 4 aromatic rings. The molecule has 2 heterocycles. The van der Waals surface area contributed by atoms with Gasteiger partial charge < -0.3 is 10.3 Å². The van der Waals surface area contributed by atoms with E-state index in [9.17, 15) is 27.0 Å². The van der Waals surface area contributed by atoms with Gasteiger partial charge in [0.05, 0.1) is 11.1 Å². The van der Waals surface area contributed by atoms with Gasteiger partial charge in [-0.3, -0.25) is 14.1 Å². The van der Waals surface area contributed by atoms with Gasteiger partial charge in [-0.2, -0.15) is 8.42 Å². The van der Waals surface area contributed by atoms with Crippen LogP contribution >= 0.6 is 11.6 Å². The van der Waals surface area contributed by atoms with Gasteiger partial charge in [-0.25, -0.2) is 13.8 Å². The van der Waals surface area contributed by atoms with E-state index >= 15 is 4.39 Å². The van der Waals surface area contributed by atoms with Crippen molar-refractivity contribution in [2.45, 2.75) is 18.7 Å². The number of carbonyl (C=O) groups excluding carboxylic acids is 2. The van der Waals surface area contributed by atoms with Crippen molar-refractivity contribution in [2.75, 3.05) is 0 Å². The summed E-state index contributed by atoms with van der Waals surface area (Å²) in [6, 6.07) is 9.98. The van der Waals surface area contributed by atoms with E-state index in [1.807, 2.05) is 5.32 Å². The third kappa shape index (κ3) is 4.85. The largest absolute Gasteiger partial charge is 0.345 e. The van der Waals surface area contributed by atoms with E-state index in [0.29, 0.717) is 21.6 Å². The number of nitrogens with zero attached hydrogens (tertiary/aromatic N) is 1. The van der Waals surface area contributed by atoms with Crippen LogP contribution in [0.5, 0.6) is 0 Å². The lowest BCUT2D eigenvalue weighted by Crippen LogP contribution is -2.40. The Labute approximate surface area is 209 Å². The van der Waals surface area contributed by atoms with Gasteiger partial charge in [0.2, 0.25) is 5.78 Å². The molecule has 186 valence electrons. The number of carbonyl (C=O) groups is 2. The fraction of sp³-hybridized carbons (Fsp3) is 0.125. The highest BCUT2D eigenvalue weighted by Crippen LogP contribution is 2.29. The lowest BCUT2D eigenvalue weighted by molar-refractivity contribution is 0.0941. The molecule has 1 amide bonds. The van der Waals surface area contributed by atoms with Crippen LogP contribution in [-0.4, -0.2) is 40.0 Å². The zero-order chi connectivity index (χ0) is 26.2. The normalized spacial score (nSPS) is 12.5. The highest BCUT2D eigenvalue weighted by Gasteiger charge is 2.29. The van der Waals surface area contributed by atoms with E-state index in [1.165, 1.54) is 13.1 Å². The summed E-state index contributed by atoms with van der Waals surface area (Å²) in [5.41, 5.74) is -0.189. The molecule has 36 heavy (non-hydrogen) atoms. The van der Waals surface area contributed by atoms with Crippen LogP contribution in [0.25, 0.3) is 22.2 Å². The highest BCUT2D eigenvalue weighted by molar-refractivity contribution is 7.86. The maximum atomic E-state index is 15.3. The van der Waals surface area contributed by atoms with E-state index in [-0.39, 0.29) is 12.0 Å². The summed E-state index contributed by atoms with van der Waals surface area (Å²) in [6.07, 6.45) is 2.60. The predicted octanol–water partition coefficient (Wildman–Crippen LogP) is 4.75. The molecule has 12 heteroatoms. The van der Waals surface area contributed by atoms with Crippen molar-refractivity contribution in [3.05, 3.63) is 88.2 Å². The smallest absolute Gasteiger partial charge is 0.286 e. The second kappa shape index (κ2) is 9.76. The molecule has 2 aromatic carbocycles. The standard InChI is InChI=1S/C24H18ClF2N3O5S/c1-2-19(36(33,34)35)30-24(32)15-7-8-18(26)20(21(15)27)22(31)17-11-29-23-16(17)9-13(10-28-23)12-3-5-14(25)6-4-12/h3-11,19H,2H2,1H3,(H,28,29)(H,30,32)(H,33,34,35). The van der Waals surface area contributed by atoms with Crippen molar-refractivity contribution < 1.29 is 31.3 Å². The second-order valence-electron chi connectivity index (χ2n) is 7.83. The molecule has 3 N–H and O–H groups in total. The topological polar surface area (TPSA) is 129 Å². The van der Waals surface area contributed by atoms with Crippen LogP contribution in [0.4, 0.5) is 8.78 Å². The summed E-state index contributed by atoms with van der Waals surface area (Å²) in [4.78, 5) is 32.8. The number of aromatic amines is 1. The quantitative estimate of drug-likeness (QED) is 0.232. The molecular weight excluding hydrogens is 516 g/mol. The summed E-state index contributed by atoms with van der Waals surface area (Å²) >= 11 is 5.93. The van der Waals surface area contributed by atoms with Gasteiger partial charge in [0.1, 0.15) is 17.3 Å². The highest BCUT2D eigenvalue weighted by atomic mass is 35.5. The third-order valence-electron chi connectivity index (χ3n) is 5.54. The van der Waals surface area contributed by atoms with Crippen LogP contribution in [0.1, 0.15) is 39.6 Å². The van der Waals surface area contributed by atoms with Gasteiger partial charge in [-0.05, 0) is 42.3 Å². The van der Waals surface area contributed by atoms with Gasteiger partial charge >= 0.3 is 0 Å². The van der Waals surface area contributed by atoms with Crippen LogP contribution < -0.4 is 5.32 Å². The second-order valence-corrected chi connectivity index (χ2v) is 9.86. The minimum atomic E-state index is -4.67. The predicted molar refractivity (Wildman–Crippen MR) is 129 cm³/mol. The molecule has 0 aliphatic rings. The first-order valence-corrected chi connectivity index (χ1v) is 12.4. The third-order valence-corrected chi connectivity index (χ3v) is 6.96. The number of halogens is 3. The minimum absolute atomic E-state index is 0.0898. The number of fused-ring (bicyclic) bond motifs is 1. The molecule has 0 saturated heterocycles. The van der Waals surface area contributed by atoms with Crippen molar-refractivity contribution in [1.29, 1.82) is 0 Å². The summed E-state index contributed by atoms with van der Waals surface area (Å²) in [7, 11) is -4.67. The van der Waals surface area contributed by atoms with Crippen molar-refractivity contribution in [2.24, 2.45) is 0 Å². The lowest BCUT2D eigenvalue weighted by Gasteiger charge is -2.15. The molecule has 0 aliphatic carbocycles. The monoisotopic (exact) mass is 533 g/mol. The van der Waals surface area contributed by atoms with Crippen LogP contribution in [0.2, 0.25) is 5.02 Å². The average Bonchev–Trinajstić information content (AvgIpc) is 3.25. The van der Waals surface area contributed by atoms with Crippen LogP contribution in [0.15, 0.2) is 54.9 Å². The number of H-pyrrole nitrogens is 1. The van der Waals surface area contributed by atoms with Crippen molar-refractivity contribution >= 4 is 44.4 Å². The van der Waals surface area contributed by atoms with Gasteiger partial charge in [0, 0.05) is 33.9 Å². The van der Waals surface area contributed by atoms with Crippen LogP contribution in [-0.2, 0) is 10.1 Å². The van der Waals surface area contributed by atoms with Gasteiger partial charge in [0.15, 0.2) is 5.37 Å². The number of ketones is 1. The Balaban J connectivity index is 1.75. The van der Waals surface area contributed by atoms with E-state index in [2.05, 4.69) is 9.97 Å². The first-order valence-electron chi connectivity index (χ1n) is 10.5. The summed E-state index contributed by atoms with van der Waals surface area (Å²) in [6.45, 7) is 1.37. The number of hydrogen-bond acceptors (Lipinski definition) is 5. The molecule has 1 unspecified atom stereocenters. The van der Waals surface area contributed by atoms with Crippen molar-refractivity contribution in [1.82, 2.24) is 15.3 Å². The summed E-state index contributed by atoms with van der Waals surface area (Å²) in [5.74, 6) is -4.98. The Morgan fingerprint density at radius 3 is 2.44 bits per heavy atom. The molecule has 0 spiro atoms. The Morgan fingerprint density at radius 2 is 1.81 bits per heavy atom. The SMILES string of the molecule is CCC(NC(=O)c1ccc(F)c(C(=O)c2c[nH]c3ncc(-c4ccc(Cl)cc4)cc23)c1F)S(=O)(=O)O. The number of pyridine rings is 1. The molecule has 0 aliphatic heterocycles. The molecule has 0 bridgehead atoms. The number of nitrogens with one attached hydrogen (secondary N) is 2. The summed E-state index contributed by atoms with van der Waals surface area (Å²) in [5, 5.41) is 1.08. The molecular formula is C24H18ClF2N3O5S. The Bertz CT molecular complexity index is 1600. The first kappa shape index (κ1) is 25.4. The van der Waals surface area contributed by atoms with E-state index in [4.69, 9.17) is 11.6 Å². The maximum absolute atomic E-state index is 15.3. The molecule has 0 fully saturated rings. The number of benzene rings is 2. The maximum Gasteiger partial charge on any atom is 0.286 e. The number of amides is 1. The van der Waals surface area contributed by atoms with Crippen LogP contribution in [0, 0.1) is 11.6 Å². The van der Waals surface area contributed by atoms with Gasteiger partial charge in [0.25, 0.3) is 16.0 Å². The van der Waals surface area contributed by atoms with Gasteiger partial charge in [-0.1, -0.05) is 30.7 Å². The zero-order valence-electron chi connectivity index (χ0n) is 18.6. The molecule has 0 saturated carbocycles. The number of aromatic nitrogens is 2. The molecule has 8 nitrogen and oxygen atoms in total. The van der Waals surface area contributed by atoms with Crippen molar-refractivity contribution in [3.8, 4) is 11.1 Å². The Hall–Kier alpha value is -3.67. The van der Waals surface area contributed by atoms with Gasteiger partial charge in [-0.15, -0.1) is 0 Å². The number of hydrogen-bond donors (Lipinski definition) is 3. The van der Waals surface area contributed by atoms with Crippen molar-refractivity contribution in [3.63, 3.8) is 0 Å². The fourth-order valence-corrected chi connectivity index (χ4v) is 4.48. The van der Waals surface area contributed by atoms with Crippen LogP contribution in [0.3, 0.4) is 0 Å². The Morgan fingerprint density at radius 1 is 1.11 bits per heavy atom. The average molecular weight is 534 g/mol. The molecule has 1 atom stereocenters. The first-order chi connectivity index (χ1) is 17.0. The van der Waals surface area contributed by atoms with E-state index in [0.717, 1.165) is 17.7 Å². The summed E-state index contributed by atoms with van der Waals surface area (Å²) < 4.78 is 61.9. The van der Waals surface area contributed by atoms with E-state index in [1.54, 1.807) is 36.5 Å². The lowest BCUT2D eigenvalue weighted by atomic mass is 9.98. The zero-order valence-corrected chi connectivity index (χ0v) is 20.1. The number of rotatable bonds is 7. The Kier molecular flexibility index (Phi) is 6.90. The molecule has 4 rings (SSSR count). The molecule has 0 radical (unpaired) electrons.